The molecule has 2 aromatic rings. The maximum Gasteiger partial charge on any atom is 0.353 e. The molecule has 12 nitrogen and oxygen atoms in total. The molecule has 0 spiro atoms. The summed E-state index contributed by atoms with van der Waals surface area (Å²) in [6, 6.07) is 4.36. The number of nitrogens with one attached hydrogen (secondary N) is 1. The van der Waals surface area contributed by atoms with Gasteiger partial charge in [0, 0.05) is 27.5 Å². The number of carbonyl (C=O) groups is 3. The number of anilines is 2. The molecule has 15 heteroatoms. The third-order valence-corrected chi connectivity index (χ3v) is 8.20. The van der Waals surface area contributed by atoms with Gasteiger partial charge in [-0.2, -0.15) is 0 Å². The second-order valence-electron chi connectivity index (χ2n) is 7.11. The molecule has 178 valence electrons. The van der Waals surface area contributed by atoms with Gasteiger partial charge in [-0.15, -0.1) is 34.9 Å². The van der Waals surface area contributed by atoms with Gasteiger partial charge in [-0.25, -0.2) is 14.8 Å². The highest BCUT2D eigenvalue weighted by atomic mass is 32.2. The highest BCUT2D eigenvalue weighted by molar-refractivity contribution is 8.06. The summed E-state index contributed by atoms with van der Waals surface area (Å²) in [5, 5.41) is 25.5. The lowest BCUT2D eigenvalue weighted by Gasteiger charge is -2.49. The number of hydrogen-bond donors (Lipinski definition) is 5. The van der Waals surface area contributed by atoms with Crippen LogP contribution in [0.1, 0.15) is 11.4 Å². The molecule has 2 aliphatic heterocycles. The van der Waals surface area contributed by atoms with Gasteiger partial charge in [-0.3, -0.25) is 14.5 Å². The largest absolute Gasteiger partial charge is 0.477 e. The topological polar surface area (TPSA) is 197 Å². The predicted octanol–water partition coefficient (Wildman–Crippen LogP) is 0.553. The van der Waals surface area contributed by atoms with Crippen LogP contribution in [0, 0.1) is 0 Å². The standard InChI is InChI=1S/C19H19N7O5S3/c20-11-3-1-2-8(22-11)4-5-32-10-7-33-17-13(16(28)26(17)14(10)18(29)30)24-15(27)12(25-31)9-6-34-19(21)23-9/h1-3,6,13,17,31H,4-5,7H2,(H2,20,22)(H2,21,23)(H,24,27)(H,29,30)/b25-12-/t13-,17-/m1/s1. The van der Waals surface area contributed by atoms with E-state index in [4.69, 9.17) is 11.5 Å². The molecule has 4 rings (SSSR count). The van der Waals surface area contributed by atoms with Crippen LogP contribution in [0.3, 0.4) is 0 Å². The monoisotopic (exact) mass is 521 g/mol. The van der Waals surface area contributed by atoms with E-state index in [0.29, 0.717) is 28.6 Å². The quantitative estimate of drug-likeness (QED) is 0.141. The number of hydrogen-bond acceptors (Lipinski definition) is 12. The number of β-lactam (4-membered cyclic amide) rings is 1. The Kier molecular flexibility index (Phi) is 6.95. The summed E-state index contributed by atoms with van der Waals surface area (Å²) in [5.41, 5.74) is 11.6. The number of rotatable bonds is 8. The van der Waals surface area contributed by atoms with E-state index in [-0.39, 0.29) is 22.2 Å². The van der Waals surface area contributed by atoms with Crippen molar-refractivity contribution in [1.82, 2.24) is 20.2 Å². The summed E-state index contributed by atoms with van der Waals surface area (Å²) in [5.74, 6) is -1.26. The smallest absolute Gasteiger partial charge is 0.353 e. The number of fused-ring (bicyclic) bond motifs is 1. The molecule has 34 heavy (non-hydrogen) atoms. The van der Waals surface area contributed by atoms with Gasteiger partial charge in [0.15, 0.2) is 10.8 Å². The number of amides is 2. The van der Waals surface area contributed by atoms with Gasteiger partial charge in [-0.05, 0) is 18.6 Å². The number of carboxylic acid groups (broad SMARTS) is 1. The van der Waals surface area contributed by atoms with E-state index in [1.807, 2.05) is 6.07 Å². The molecular formula is C19H19N7O5S3. The first-order valence-electron chi connectivity index (χ1n) is 9.79. The number of nitrogen functional groups attached to an aromatic ring is 2. The predicted molar refractivity (Wildman–Crippen MR) is 129 cm³/mol. The summed E-state index contributed by atoms with van der Waals surface area (Å²) in [6.45, 7) is 0. The number of pyridine rings is 1. The minimum Gasteiger partial charge on any atom is -0.477 e. The number of thioether (sulfide) groups is 2. The molecule has 0 unspecified atom stereocenters. The Balaban J connectivity index is 1.43. The lowest BCUT2D eigenvalue weighted by Crippen LogP contribution is -2.71. The van der Waals surface area contributed by atoms with E-state index < -0.39 is 29.2 Å². The second kappa shape index (κ2) is 9.90. The third kappa shape index (κ3) is 4.67. The number of aryl methyl sites for hydroxylation is 1. The molecule has 7 N–H and O–H groups in total. The van der Waals surface area contributed by atoms with Crippen LogP contribution in [0.5, 0.6) is 0 Å². The first-order chi connectivity index (χ1) is 16.3. The van der Waals surface area contributed by atoms with Gasteiger partial charge in [0.1, 0.15) is 28.6 Å². The van der Waals surface area contributed by atoms with Crippen LogP contribution in [-0.4, -0.2) is 71.6 Å². The number of aliphatic carboxylic acids is 1. The molecule has 2 aromatic heterocycles. The number of oxime groups is 1. The summed E-state index contributed by atoms with van der Waals surface area (Å²) >= 11 is 3.75. The van der Waals surface area contributed by atoms with Crippen molar-refractivity contribution < 1.29 is 24.7 Å². The Bertz CT molecular complexity index is 1210. The van der Waals surface area contributed by atoms with Crippen LogP contribution < -0.4 is 16.8 Å². The average molecular weight is 522 g/mol. The molecule has 2 aliphatic rings. The molecule has 0 bridgehead atoms. The van der Waals surface area contributed by atoms with E-state index in [1.54, 1.807) is 12.1 Å². The molecular weight excluding hydrogens is 502 g/mol. The van der Waals surface area contributed by atoms with Crippen LogP contribution in [0.4, 0.5) is 10.9 Å². The average Bonchev–Trinajstić information content (AvgIpc) is 3.23. The number of carboxylic acids is 1. The number of aromatic nitrogens is 2. The molecule has 0 radical (unpaired) electrons. The summed E-state index contributed by atoms with van der Waals surface area (Å²) in [6.07, 6.45) is 0.581. The fourth-order valence-corrected chi connectivity index (χ4v) is 6.60. The van der Waals surface area contributed by atoms with Crippen molar-refractivity contribution in [2.24, 2.45) is 5.16 Å². The molecule has 2 amide bonds. The zero-order valence-corrected chi connectivity index (χ0v) is 19.8. The van der Waals surface area contributed by atoms with Gasteiger partial charge >= 0.3 is 5.97 Å². The number of carbonyl (C=O) groups excluding carboxylic acids is 2. The number of nitrogens with zero attached hydrogens (tertiary/aromatic N) is 4. The van der Waals surface area contributed by atoms with Gasteiger partial charge in [0.2, 0.25) is 0 Å². The van der Waals surface area contributed by atoms with Gasteiger partial charge < -0.3 is 27.1 Å². The van der Waals surface area contributed by atoms with Gasteiger partial charge in [-0.1, -0.05) is 11.2 Å². The van der Waals surface area contributed by atoms with Gasteiger partial charge in [0.05, 0.1) is 0 Å². The van der Waals surface area contributed by atoms with E-state index in [9.17, 15) is 24.7 Å². The first kappa shape index (κ1) is 23.8. The highest BCUT2D eigenvalue weighted by Gasteiger charge is 2.54. The Hall–Kier alpha value is -3.30. The zero-order valence-electron chi connectivity index (χ0n) is 17.4. The second-order valence-corrected chi connectivity index (χ2v) is 10.3. The van der Waals surface area contributed by atoms with Crippen molar-refractivity contribution in [3.63, 3.8) is 0 Å². The zero-order chi connectivity index (χ0) is 24.4. The van der Waals surface area contributed by atoms with Crippen LogP contribution in [0.15, 0.2) is 39.3 Å². The Morgan fingerprint density at radius 1 is 1.32 bits per heavy atom. The van der Waals surface area contributed by atoms with Crippen LogP contribution in [0.2, 0.25) is 0 Å². The molecule has 0 aromatic carbocycles. The van der Waals surface area contributed by atoms with E-state index in [1.165, 1.54) is 33.8 Å². The van der Waals surface area contributed by atoms with E-state index >= 15 is 0 Å². The summed E-state index contributed by atoms with van der Waals surface area (Å²) < 4.78 is 0. The number of nitrogens with two attached hydrogens (primary N) is 2. The van der Waals surface area contributed by atoms with E-state index in [2.05, 4.69) is 20.4 Å². The van der Waals surface area contributed by atoms with Gasteiger partial charge in [0.25, 0.3) is 11.8 Å². The Labute approximate surface area is 205 Å². The molecule has 0 saturated carbocycles. The molecule has 1 fully saturated rings. The minimum absolute atomic E-state index is 0.0712. The van der Waals surface area contributed by atoms with Crippen LogP contribution in [0.25, 0.3) is 0 Å². The van der Waals surface area contributed by atoms with Crippen LogP contribution in [-0.2, 0) is 20.8 Å². The molecule has 1 saturated heterocycles. The maximum absolute atomic E-state index is 12.8. The van der Waals surface area contributed by atoms with Crippen molar-refractivity contribution in [1.29, 1.82) is 0 Å². The fourth-order valence-electron chi connectivity index (χ4n) is 3.44. The summed E-state index contributed by atoms with van der Waals surface area (Å²) in [4.78, 5) is 47.2. The summed E-state index contributed by atoms with van der Waals surface area (Å²) in [7, 11) is 0. The molecule has 4 heterocycles. The van der Waals surface area contributed by atoms with Crippen molar-refractivity contribution in [3.05, 3.63) is 45.6 Å². The Morgan fingerprint density at radius 2 is 2.12 bits per heavy atom. The van der Waals surface area contributed by atoms with Crippen LogP contribution >= 0.6 is 34.9 Å². The third-order valence-electron chi connectivity index (χ3n) is 4.96. The lowest BCUT2D eigenvalue weighted by molar-refractivity contribution is -0.150. The SMILES string of the molecule is Nc1cccc(CCSC2=C(C(=O)O)N3C(=O)[C@@H](NC(=O)/C(=N\O)c4csc(N)n4)[C@H]3SC2)n1. The van der Waals surface area contributed by atoms with Crippen molar-refractivity contribution in [3.8, 4) is 0 Å². The van der Waals surface area contributed by atoms with Crippen molar-refractivity contribution >= 4 is 69.3 Å². The molecule has 2 atom stereocenters. The first-order valence-corrected chi connectivity index (χ1v) is 12.7. The maximum atomic E-state index is 12.8. The fraction of sp³-hybridized carbons (Fsp3) is 0.263. The lowest BCUT2D eigenvalue weighted by atomic mass is 10.0. The minimum atomic E-state index is -1.22. The van der Waals surface area contributed by atoms with E-state index in [0.717, 1.165) is 17.0 Å². The molecule has 0 aliphatic carbocycles. The highest BCUT2D eigenvalue weighted by Crippen LogP contribution is 2.43. The Morgan fingerprint density at radius 3 is 2.76 bits per heavy atom. The van der Waals surface area contributed by atoms with Crippen molar-refractivity contribution in [2.45, 2.75) is 17.8 Å². The van der Waals surface area contributed by atoms with Crippen molar-refractivity contribution in [2.75, 3.05) is 23.0 Å². The normalized spacial score (nSPS) is 20.1. The number of thiazole rings is 1.